The second-order valence-corrected chi connectivity index (χ2v) is 2.97. The summed E-state index contributed by atoms with van der Waals surface area (Å²) in [5.41, 5.74) is 7.02. The second kappa shape index (κ2) is 4.16. The van der Waals surface area contributed by atoms with Gasteiger partial charge < -0.3 is 10.8 Å². The van der Waals surface area contributed by atoms with Crippen molar-refractivity contribution in [2.24, 2.45) is 5.73 Å². The summed E-state index contributed by atoms with van der Waals surface area (Å²) < 4.78 is 0. The minimum absolute atomic E-state index is 0.00647. The van der Waals surface area contributed by atoms with Gasteiger partial charge in [0, 0.05) is 5.56 Å². The highest BCUT2D eigenvalue weighted by Gasteiger charge is 2.06. The molecule has 70 valence electrons. The maximum absolute atomic E-state index is 11.0. The first-order chi connectivity index (χ1) is 6.15. The van der Waals surface area contributed by atoms with Gasteiger partial charge in [0.15, 0.2) is 5.78 Å². The Bertz CT molecular complexity index is 310. The van der Waals surface area contributed by atoms with Crippen LogP contribution in [0, 0.1) is 0 Å². The molecule has 3 heteroatoms. The fourth-order valence-electron chi connectivity index (χ4n) is 1.09. The molecule has 0 saturated carbocycles. The van der Waals surface area contributed by atoms with Crippen molar-refractivity contribution >= 4 is 5.78 Å². The number of aliphatic hydroxyl groups excluding tert-OH is 1. The van der Waals surface area contributed by atoms with E-state index in [2.05, 4.69) is 0 Å². The van der Waals surface area contributed by atoms with Crippen molar-refractivity contribution in [1.29, 1.82) is 0 Å². The van der Waals surface area contributed by atoms with Gasteiger partial charge in [-0.1, -0.05) is 18.2 Å². The van der Waals surface area contributed by atoms with Crippen LogP contribution in [-0.4, -0.2) is 17.5 Å². The van der Waals surface area contributed by atoms with E-state index in [-0.39, 0.29) is 12.4 Å². The smallest absolute Gasteiger partial charge is 0.159 e. The molecule has 3 nitrogen and oxygen atoms in total. The SMILES string of the molecule is CC(=O)c1cccc(C(N)CO)c1. The van der Waals surface area contributed by atoms with Crippen LogP contribution in [0.25, 0.3) is 0 Å². The average molecular weight is 179 g/mol. The molecule has 13 heavy (non-hydrogen) atoms. The Morgan fingerprint density at radius 1 is 1.62 bits per heavy atom. The van der Waals surface area contributed by atoms with Gasteiger partial charge in [-0.15, -0.1) is 0 Å². The van der Waals surface area contributed by atoms with Gasteiger partial charge in [0.1, 0.15) is 0 Å². The number of rotatable bonds is 3. The molecular formula is C10H13NO2. The lowest BCUT2D eigenvalue weighted by Crippen LogP contribution is -2.14. The third kappa shape index (κ3) is 2.37. The van der Waals surface area contributed by atoms with E-state index in [1.807, 2.05) is 0 Å². The summed E-state index contributed by atoms with van der Waals surface area (Å²) >= 11 is 0. The van der Waals surface area contributed by atoms with Crippen molar-refractivity contribution in [3.63, 3.8) is 0 Å². The predicted octanol–water partition coefficient (Wildman–Crippen LogP) is 0.881. The molecule has 1 rings (SSSR count). The van der Waals surface area contributed by atoms with Gasteiger partial charge in [-0.05, 0) is 18.6 Å². The van der Waals surface area contributed by atoms with Crippen molar-refractivity contribution in [3.05, 3.63) is 35.4 Å². The van der Waals surface area contributed by atoms with Crippen molar-refractivity contribution in [2.75, 3.05) is 6.61 Å². The lowest BCUT2D eigenvalue weighted by atomic mass is 10.0. The quantitative estimate of drug-likeness (QED) is 0.677. The first-order valence-electron chi connectivity index (χ1n) is 4.12. The van der Waals surface area contributed by atoms with Gasteiger partial charge in [-0.3, -0.25) is 4.79 Å². The standard InChI is InChI=1S/C10H13NO2/c1-7(13)8-3-2-4-9(5-8)10(11)6-12/h2-5,10,12H,6,11H2,1H3. The first-order valence-corrected chi connectivity index (χ1v) is 4.12. The third-order valence-electron chi connectivity index (χ3n) is 1.92. The van der Waals surface area contributed by atoms with E-state index in [4.69, 9.17) is 10.8 Å². The molecule has 3 N–H and O–H groups in total. The van der Waals surface area contributed by atoms with E-state index >= 15 is 0 Å². The molecule has 0 heterocycles. The zero-order valence-corrected chi connectivity index (χ0v) is 7.53. The lowest BCUT2D eigenvalue weighted by molar-refractivity contribution is 0.101. The molecule has 0 bridgehead atoms. The van der Waals surface area contributed by atoms with Gasteiger partial charge in [0.25, 0.3) is 0 Å². The molecule has 0 radical (unpaired) electrons. The van der Waals surface area contributed by atoms with E-state index in [9.17, 15) is 4.79 Å². The fourth-order valence-corrected chi connectivity index (χ4v) is 1.09. The summed E-state index contributed by atoms with van der Waals surface area (Å²) in [4.78, 5) is 11.0. The number of hydrogen-bond donors (Lipinski definition) is 2. The van der Waals surface area contributed by atoms with Crippen LogP contribution in [-0.2, 0) is 0 Å². The molecule has 0 aromatic heterocycles. The zero-order chi connectivity index (χ0) is 9.84. The van der Waals surface area contributed by atoms with E-state index in [0.717, 1.165) is 5.56 Å². The van der Waals surface area contributed by atoms with Crippen LogP contribution < -0.4 is 5.73 Å². The van der Waals surface area contributed by atoms with E-state index in [1.165, 1.54) is 6.92 Å². The normalized spacial score (nSPS) is 12.5. The maximum Gasteiger partial charge on any atom is 0.159 e. The van der Waals surface area contributed by atoms with Crippen LogP contribution in [0.4, 0.5) is 0 Å². The molecule has 0 fully saturated rings. The van der Waals surface area contributed by atoms with Crippen LogP contribution in [0.5, 0.6) is 0 Å². The predicted molar refractivity (Wildman–Crippen MR) is 50.5 cm³/mol. The highest BCUT2D eigenvalue weighted by atomic mass is 16.3. The lowest BCUT2D eigenvalue weighted by Gasteiger charge is -2.08. The van der Waals surface area contributed by atoms with Crippen molar-refractivity contribution < 1.29 is 9.90 Å². The minimum Gasteiger partial charge on any atom is -0.394 e. The monoisotopic (exact) mass is 179 g/mol. The van der Waals surface area contributed by atoms with Gasteiger partial charge in [0.2, 0.25) is 0 Å². The van der Waals surface area contributed by atoms with Crippen LogP contribution in [0.1, 0.15) is 28.9 Å². The summed E-state index contributed by atoms with van der Waals surface area (Å²) in [6.07, 6.45) is 0. The third-order valence-corrected chi connectivity index (χ3v) is 1.92. The Kier molecular flexibility index (Phi) is 3.17. The molecule has 0 aliphatic heterocycles. The topological polar surface area (TPSA) is 63.3 Å². The molecule has 1 unspecified atom stereocenters. The average Bonchev–Trinajstić information content (AvgIpc) is 2.17. The molecule has 0 saturated heterocycles. The maximum atomic E-state index is 11.0. The molecule has 1 aromatic rings. The van der Waals surface area contributed by atoms with Gasteiger partial charge in [-0.25, -0.2) is 0 Å². The first kappa shape index (κ1) is 9.89. The summed E-state index contributed by atoms with van der Waals surface area (Å²) in [7, 11) is 0. The Balaban J connectivity index is 2.98. The van der Waals surface area contributed by atoms with Gasteiger partial charge in [0.05, 0.1) is 12.6 Å². The Morgan fingerprint density at radius 2 is 2.31 bits per heavy atom. The van der Waals surface area contributed by atoms with E-state index < -0.39 is 6.04 Å². The van der Waals surface area contributed by atoms with Gasteiger partial charge in [-0.2, -0.15) is 0 Å². The van der Waals surface area contributed by atoms with Crippen LogP contribution >= 0.6 is 0 Å². The molecule has 1 aromatic carbocycles. The van der Waals surface area contributed by atoms with Crippen molar-refractivity contribution in [2.45, 2.75) is 13.0 Å². The zero-order valence-electron chi connectivity index (χ0n) is 7.53. The van der Waals surface area contributed by atoms with Crippen molar-refractivity contribution in [3.8, 4) is 0 Å². The largest absolute Gasteiger partial charge is 0.394 e. The Morgan fingerprint density at radius 3 is 2.85 bits per heavy atom. The van der Waals surface area contributed by atoms with Crippen LogP contribution in [0.3, 0.4) is 0 Å². The molecule has 0 aliphatic rings. The summed E-state index contributed by atoms with van der Waals surface area (Å²) in [6, 6.07) is 6.60. The number of Topliss-reactive ketones (excluding diaryl/α,β-unsaturated/α-hetero) is 1. The minimum atomic E-state index is -0.403. The summed E-state index contributed by atoms with van der Waals surface area (Å²) in [5, 5.41) is 8.81. The highest BCUT2D eigenvalue weighted by Crippen LogP contribution is 2.12. The summed E-state index contributed by atoms with van der Waals surface area (Å²) in [5.74, 6) is 0.00647. The fraction of sp³-hybridized carbons (Fsp3) is 0.300. The number of carbonyl (C=O) groups is 1. The number of ketones is 1. The van der Waals surface area contributed by atoms with E-state index in [1.54, 1.807) is 24.3 Å². The number of aliphatic hydroxyl groups is 1. The van der Waals surface area contributed by atoms with Gasteiger partial charge >= 0.3 is 0 Å². The van der Waals surface area contributed by atoms with Crippen molar-refractivity contribution in [1.82, 2.24) is 0 Å². The second-order valence-electron chi connectivity index (χ2n) is 2.97. The molecule has 0 spiro atoms. The molecular weight excluding hydrogens is 166 g/mol. The number of carbonyl (C=O) groups excluding carboxylic acids is 1. The summed E-state index contributed by atoms with van der Waals surface area (Å²) in [6.45, 7) is 1.39. The molecule has 0 amide bonds. The number of hydrogen-bond acceptors (Lipinski definition) is 3. The molecule has 1 atom stereocenters. The van der Waals surface area contributed by atoms with E-state index in [0.29, 0.717) is 5.56 Å². The van der Waals surface area contributed by atoms with Crippen LogP contribution in [0.15, 0.2) is 24.3 Å². The number of nitrogens with two attached hydrogens (primary N) is 1. The Labute approximate surface area is 77.2 Å². The molecule has 0 aliphatic carbocycles. The Hall–Kier alpha value is -1.19. The highest BCUT2D eigenvalue weighted by molar-refractivity contribution is 5.94. The van der Waals surface area contributed by atoms with Crippen LogP contribution in [0.2, 0.25) is 0 Å². The number of benzene rings is 1.